The van der Waals surface area contributed by atoms with Crippen molar-refractivity contribution in [1.82, 2.24) is 0 Å². The molecule has 3 nitrogen and oxygen atoms in total. The van der Waals surface area contributed by atoms with E-state index >= 15 is 0 Å². The van der Waals surface area contributed by atoms with E-state index in [4.69, 9.17) is 5.73 Å². The minimum absolute atomic E-state index is 0.246. The number of carbonyl (C=O) groups is 1. The molecule has 0 fully saturated rings. The molecule has 2 aromatic carbocycles. The fraction of sp³-hybridized carbons (Fsp3) is 0.133. The van der Waals surface area contributed by atoms with E-state index in [9.17, 15) is 9.18 Å². The van der Waals surface area contributed by atoms with Crippen LogP contribution in [0.1, 0.15) is 17.2 Å². The molecule has 2 aromatic rings. The zero-order chi connectivity index (χ0) is 13.8. The fourth-order valence-electron chi connectivity index (χ4n) is 1.83. The number of nitrogens with two attached hydrogens (primary N) is 1. The van der Waals surface area contributed by atoms with Gasteiger partial charge in [-0.15, -0.1) is 0 Å². The Morgan fingerprint density at radius 3 is 2.37 bits per heavy atom. The minimum atomic E-state index is -0.885. The lowest BCUT2D eigenvalue weighted by atomic mass is 10.1. The van der Waals surface area contributed by atoms with Gasteiger partial charge < -0.3 is 11.1 Å². The van der Waals surface area contributed by atoms with Gasteiger partial charge in [-0.3, -0.25) is 4.79 Å². The Morgan fingerprint density at radius 1 is 1.16 bits per heavy atom. The first-order chi connectivity index (χ1) is 9.08. The Bertz CT molecular complexity index is 581. The molecule has 4 heteroatoms. The van der Waals surface area contributed by atoms with Crippen LogP contribution >= 0.6 is 0 Å². The second-order valence-corrected chi connectivity index (χ2v) is 4.37. The number of nitrogens with one attached hydrogen (secondary N) is 1. The highest BCUT2D eigenvalue weighted by Gasteiger charge is 2.20. The average Bonchev–Trinajstić information content (AvgIpc) is 2.39. The number of hydrogen-bond donors (Lipinski definition) is 2. The lowest BCUT2D eigenvalue weighted by Crippen LogP contribution is -2.28. The summed E-state index contributed by atoms with van der Waals surface area (Å²) < 4.78 is 13.7. The predicted octanol–water partition coefficient (Wildman–Crippen LogP) is 2.77. The monoisotopic (exact) mass is 258 g/mol. The van der Waals surface area contributed by atoms with Gasteiger partial charge in [0.25, 0.3) is 0 Å². The molecule has 0 aliphatic carbocycles. The maximum Gasteiger partial charge on any atom is 0.244 e. The molecule has 0 aromatic heterocycles. The lowest BCUT2D eigenvalue weighted by molar-refractivity contribution is -0.118. The number of carbonyl (C=O) groups excluding carboxylic acids is 1. The summed E-state index contributed by atoms with van der Waals surface area (Å²) in [5.41, 5.74) is 7.42. The Labute approximate surface area is 111 Å². The number of anilines is 1. The summed E-state index contributed by atoms with van der Waals surface area (Å²) in [6.45, 7) is 1.96. The van der Waals surface area contributed by atoms with Gasteiger partial charge in [-0.05, 0) is 25.1 Å². The SMILES string of the molecule is Cc1ccc(NC(C(N)=O)c2ccccc2F)cc1. The number of halogens is 1. The largest absolute Gasteiger partial charge is 0.370 e. The predicted molar refractivity (Wildman–Crippen MR) is 73.1 cm³/mol. The number of primary amides is 1. The van der Waals surface area contributed by atoms with Crippen molar-refractivity contribution >= 4 is 11.6 Å². The smallest absolute Gasteiger partial charge is 0.244 e. The van der Waals surface area contributed by atoms with Crippen molar-refractivity contribution in [1.29, 1.82) is 0 Å². The summed E-state index contributed by atoms with van der Waals surface area (Å²) in [6, 6.07) is 12.7. The first-order valence-corrected chi connectivity index (χ1v) is 5.95. The zero-order valence-electron chi connectivity index (χ0n) is 10.6. The van der Waals surface area contributed by atoms with Crippen LogP contribution in [0, 0.1) is 12.7 Å². The van der Waals surface area contributed by atoms with E-state index in [1.165, 1.54) is 6.07 Å². The maximum atomic E-state index is 13.7. The highest BCUT2D eigenvalue weighted by molar-refractivity contribution is 5.84. The third-order valence-electron chi connectivity index (χ3n) is 2.86. The molecule has 0 radical (unpaired) electrons. The Balaban J connectivity index is 2.29. The third kappa shape index (κ3) is 3.10. The van der Waals surface area contributed by atoms with Gasteiger partial charge in [0.15, 0.2) is 0 Å². The molecule has 0 saturated heterocycles. The number of rotatable bonds is 4. The molecule has 19 heavy (non-hydrogen) atoms. The first-order valence-electron chi connectivity index (χ1n) is 5.95. The van der Waals surface area contributed by atoms with Crippen molar-refractivity contribution in [3.05, 3.63) is 65.5 Å². The molecule has 3 N–H and O–H groups in total. The van der Waals surface area contributed by atoms with Crippen LogP contribution in [0.25, 0.3) is 0 Å². The van der Waals surface area contributed by atoms with Gasteiger partial charge in [0.1, 0.15) is 11.9 Å². The lowest BCUT2D eigenvalue weighted by Gasteiger charge is -2.17. The van der Waals surface area contributed by atoms with E-state index in [-0.39, 0.29) is 5.56 Å². The third-order valence-corrected chi connectivity index (χ3v) is 2.86. The van der Waals surface area contributed by atoms with Gasteiger partial charge in [-0.1, -0.05) is 35.9 Å². The summed E-state index contributed by atoms with van der Waals surface area (Å²) in [4.78, 5) is 11.5. The first kappa shape index (κ1) is 13.1. The van der Waals surface area contributed by atoms with Crippen molar-refractivity contribution in [3.63, 3.8) is 0 Å². The Hall–Kier alpha value is -2.36. The summed E-state index contributed by atoms with van der Waals surface area (Å²) in [6.07, 6.45) is 0. The molecule has 0 aliphatic heterocycles. The molecule has 2 rings (SSSR count). The van der Waals surface area contributed by atoms with Crippen molar-refractivity contribution in [2.45, 2.75) is 13.0 Å². The van der Waals surface area contributed by atoms with Crippen LogP contribution in [-0.2, 0) is 4.79 Å². The fourth-order valence-corrected chi connectivity index (χ4v) is 1.83. The van der Waals surface area contributed by atoms with Crippen molar-refractivity contribution in [3.8, 4) is 0 Å². The second-order valence-electron chi connectivity index (χ2n) is 4.37. The minimum Gasteiger partial charge on any atom is -0.370 e. The van der Waals surface area contributed by atoms with Crippen molar-refractivity contribution in [2.24, 2.45) is 5.73 Å². The summed E-state index contributed by atoms with van der Waals surface area (Å²) in [5.74, 6) is -1.07. The van der Waals surface area contributed by atoms with E-state index in [0.717, 1.165) is 11.3 Å². The van der Waals surface area contributed by atoms with Crippen LogP contribution in [0.5, 0.6) is 0 Å². The van der Waals surface area contributed by atoms with E-state index in [2.05, 4.69) is 5.32 Å². The topological polar surface area (TPSA) is 55.1 Å². The molecule has 0 saturated carbocycles. The van der Waals surface area contributed by atoms with E-state index in [1.54, 1.807) is 18.2 Å². The highest BCUT2D eigenvalue weighted by atomic mass is 19.1. The van der Waals surface area contributed by atoms with E-state index in [0.29, 0.717) is 0 Å². The molecule has 1 atom stereocenters. The molecule has 0 bridgehead atoms. The summed E-state index contributed by atoms with van der Waals surface area (Å²) in [7, 11) is 0. The molecule has 1 amide bonds. The summed E-state index contributed by atoms with van der Waals surface area (Å²) in [5, 5.41) is 2.95. The van der Waals surface area contributed by atoms with Crippen LogP contribution in [0.2, 0.25) is 0 Å². The quantitative estimate of drug-likeness (QED) is 0.886. The highest BCUT2D eigenvalue weighted by Crippen LogP contribution is 2.22. The van der Waals surface area contributed by atoms with Gasteiger partial charge in [-0.2, -0.15) is 0 Å². The maximum absolute atomic E-state index is 13.7. The standard InChI is InChI=1S/C15H15FN2O/c1-10-6-8-11(9-7-10)18-14(15(17)19)12-4-2-3-5-13(12)16/h2-9,14,18H,1H3,(H2,17,19). The molecular weight excluding hydrogens is 243 g/mol. The molecule has 0 spiro atoms. The van der Waals surface area contributed by atoms with Crippen LogP contribution < -0.4 is 11.1 Å². The number of hydrogen-bond acceptors (Lipinski definition) is 2. The molecule has 1 unspecified atom stereocenters. The Morgan fingerprint density at radius 2 is 1.79 bits per heavy atom. The molecule has 0 heterocycles. The molecular formula is C15H15FN2O. The number of aryl methyl sites for hydroxylation is 1. The van der Waals surface area contributed by atoms with Crippen molar-refractivity contribution < 1.29 is 9.18 Å². The van der Waals surface area contributed by atoms with E-state index < -0.39 is 17.8 Å². The van der Waals surface area contributed by atoms with Gasteiger partial charge in [0.05, 0.1) is 0 Å². The van der Waals surface area contributed by atoms with Gasteiger partial charge in [-0.25, -0.2) is 4.39 Å². The molecule has 98 valence electrons. The van der Waals surface area contributed by atoms with Crippen LogP contribution in [-0.4, -0.2) is 5.91 Å². The van der Waals surface area contributed by atoms with Crippen molar-refractivity contribution in [2.75, 3.05) is 5.32 Å². The second kappa shape index (κ2) is 5.52. The normalized spacial score (nSPS) is 11.9. The zero-order valence-corrected chi connectivity index (χ0v) is 10.6. The van der Waals surface area contributed by atoms with Crippen LogP contribution in [0.4, 0.5) is 10.1 Å². The van der Waals surface area contributed by atoms with Crippen LogP contribution in [0.15, 0.2) is 48.5 Å². The van der Waals surface area contributed by atoms with Gasteiger partial charge in [0, 0.05) is 11.3 Å². The van der Waals surface area contributed by atoms with Crippen LogP contribution in [0.3, 0.4) is 0 Å². The molecule has 0 aliphatic rings. The summed E-state index contributed by atoms with van der Waals surface area (Å²) >= 11 is 0. The number of amides is 1. The Kier molecular flexibility index (Phi) is 3.80. The van der Waals surface area contributed by atoms with Gasteiger partial charge >= 0.3 is 0 Å². The average molecular weight is 258 g/mol. The van der Waals surface area contributed by atoms with E-state index in [1.807, 2.05) is 31.2 Å². The van der Waals surface area contributed by atoms with Gasteiger partial charge in [0.2, 0.25) is 5.91 Å². The number of benzene rings is 2.